The summed E-state index contributed by atoms with van der Waals surface area (Å²) in [5, 5.41) is 18.3. The van der Waals surface area contributed by atoms with Gasteiger partial charge in [0.15, 0.2) is 5.82 Å². The number of nitrogens with two attached hydrogens (primary N) is 1. The second kappa shape index (κ2) is 9.53. The highest BCUT2D eigenvalue weighted by atomic mass is 19.1. The van der Waals surface area contributed by atoms with Gasteiger partial charge in [0.1, 0.15) is 11.6 Å². The summed E-state index contributed by atoms with van der Waals surface area (Å²) in [6, 6.07) is 12.4. The maximum Gasteiger partial charge on any atom is 0.252 e. The molecule has 1 aliphatic heterocycles. The number of allylic oxidation sites excluding steroid dienone is 3. The molecule has 0 spiro atoms. The number of hydrogen-bond acceptors (Lipinski definition) is 6. The van der Waals surface area contributed by atoms with Gasteiger partial charge in [0, 0.05) is 41.9 Å². The lowest BCUT2D eigenvalue weighted by atomic mass is 10.1. The molecule has 8 nitrogen and oxygen atoms in total. The summed E-state index contributed by atoms with van der Waals surface area (Å²) in [7, 11) is 0. The Morgan fingerprint density at radius 1 is 1.26 bits per heavy atom. The Balaban J connectivity index is 1.76. The number of rotatable bonds is 7. The Morgan fingerprint density at radius 3 is 2.82 bits per heavy atom. The number of nitrogens with zero attached hydrogens (tertiary/aromatic N) is 3. The van der Waals surface area contributed by atoms with Gasteiger partial charge < -0.3 is 21.8 Å². The zero-order chi connectivity index (χ0) is 24.2. The van der Waals surface area contributed by atoms with Crippen molar-refractivity contribution in [3.8, 4) is 5.82 Å². The lowest BCUT2D eigenvalue weighted by molar-refractivity contribution is -0.114. The third-order valence-electron chi connectivity index (χ3n) is 5.26. The smallest absolute Gasteiger partial charge is 0.252 e. The van der Waals surface area contributed by atoms with Gasteiger partial charge in [-0.05, 0) is 44.2 Å². The summed E-state index contributed by atoms with van der Waals surface area (Å²) in [5.74, 6) is 0.132. The van der Waals surface area contributed by atoms with E-state index in [1.54, 1.807) is 29.1 Å². The molecule has 3 heterocycles. The molecule has 0 saturated carbocycles. The Hall–Kier alpha value is -4.53. The van der Waals surface area contributed by atoms with Crippen LogP contribution in [0.2, 0.25) is 0 Å². The molecule has 0 aliphatic carbocycles. The van der Waals surface area contributed by atoms with Crippen molar-refractivity contribution in [1.29, 1.82) is 5.41 Å². The predicted molar refractivity (Wildman–Crippen MR) is 130 cm³/mol. The largest absolute Gasteiger partial charge is 0.365 e. The second-order valence-corrected chi connectivity index (χ2v) is 7.83. The van der Waals surface area contributed by atoms with Crippen LogP contribution in [0.15, 0.2) is 72.1 Å². The van der Waals surface area contributed by atoms with E-state index < -0.39 is 5.91 Å². The van der Waals surface area contributed by atoms with Gasteiger partial charge in [0.2, 0.25) is 0 Å². The van der Waals surface area contributed by atoms with E-state index in [9.17, 15) is 9.18 Å². The minimum absolute atomic E-state index is 0.0508. The highest BCUT2D eigenvalue weighted by Gasteiger charge is 2.18. The third kappa shape index (κ3) is 4.78. The van der Waals surface area contributed by atoms with Gasteiger partial charge in [-0.15, -0.1) is 5.10 Å². The maximum atomic E-state index is 14.2. The summed E-state index contributed by atoms with van der Waals surface area (Å²) < 4.78 is 15.9. The zero-order valence-electron chi connectivity index (χ0n) is 18.8. The number of anilines is 1. The van der Waals surface area contributed by atoms with Crippen LogP contribution >= 0.6 is 0 Å². The Kier molecular flexibility index (Phi) is 6.35. The molecule has 172 valence electrons. The molecule has 2 aromatic heterocycles. The Labute approximate surface area is 196 Å². The molecule has 34 heavy (non-hydrogen) atoms. The van der Waals surface area contributed by atoms with E-state index in [1.807, 2.05) is 44.2 Å². The van der Waals surface area contributed by atoms with Crippen LogP contribution in [0.5, 0.6) is 0 Å². The lowest BCUT2D eigenvalue weighted by Crippen LogP contribution is -2.21. The van der Waals surface area contributed by atoms with Crippen molar-refractivity contribution in [2.24, 2.45) is 5.73 Å². The van der Waals surface area contributed by atoms with E-state index in [-0.39, 0.29) is 17.9 Å². The highest BCUT2D eigenvalue weighted by molar-refractivity contribution is 6.12. The summed E-state index contributed by atoms with van der Waals surface area (Å²) in [6.45, 7) is 4.06. The number of benzene rings is 1. The number of aromatic nitrogens is 3. The van der Waals surface area contributed by atoms with Gasteiger partial charge in [-0.25, -0.2) is 14.1 Å². The number of carbonyl (C=O) groups is 1. The van der Waals surface area contributed by atoms with Gasteiger partial charge in [-0.2, -0.15) is 0 Å². The fraction of sp³-hybridized carbons (Fsp3) is 0.120. The van der Waals surface area contributed by atoms with Crippen molar-refractivity contribution in [3.63, 3.8) is 0 Å². The van der Waals surface area contributed by atoms with Gasteiger partial charge >= 0.3 is 0 Å². The normalized spacial score (nSPS) is 14.3. The van der Waals surface area contributed by atoms with Crippen molar-refractivity contribution < 1.29 is 9.18 Å². The maximum absolute atomic E-state index is 14.2. The summed E-state index contributed by atoms with van der Waals surface area (Å²) in [4.78, 5) is 16.3. The van der Waals surface area contributed by atoms with E-state index in [0.29, 0.717) is 28.6 Å². The van der Waals surface area contributed by atoms with Crippen LogP contribution in [0.4, 0.5) is 10.2 Å². The first-order valence-electron chi connectivity index (χ1n) is 10.6. The molecule has 0 bridgehead atoms. The van der Waals surface area contributed by atoms with Crippen LogP contribution in [-0.4, -0.2) is 26.9 Å². The van der Waals surface area contributed by atoms with Crippen molar-refractivity contribution in [2.75, 3.05) is 5.32 Å². The van der Waals surface area contributed by atoms with Crippen LogP contribution in [0, 0.1) is 25.1 Å². The number of hydrogen-bond donors (Lipinski definition) is 4. The van der Waals surface area contributed by atoms with E-state index in [2.05, 4.69) is 20.7 Å². The summed E-state index contributed by atoms with van der Waals surface area (Å²) in [5.41, 5.74) is 9.60. The fourth-order valence-electron chi connectivity index (χ4n) is 3.58. The lowest BCUT2D eigenvalue weighted by Gasteiger charge is -2.14. The van der Waals surface area contributed by atoms with E-state index in [4.69, 9.17) is 11.1 Å². The van der Waals surface area contributed by atoms with E-state index in [1.165, 1.54) is 6.07 Å². The predicted octanol–water partition coefficient (Wildman–Crippen LogP) is 3.52. The van der Waals surface area contributed by atoms with Gasteiger partial charge in [-0.3, -0.25) is 4.79 Å². The summed E-state index contributed by atoms with van der Waals surface area (Å²) >= 11 is 0. The number of amides is 1. The first-order chi connectivity index (χ1) is 16.4. The molecule has 0 saturated heterocycles. The highest BCUT2D eigenvalue weighted by Crippen LogP contribution is 2.26. The molecule has 0 unspecified atom stereocenters. The molecule has 0 fully saturated rings. The van der Waals surface area contributed by atoms with Crippen LogP contribution in [0.25, 0.3) is 11.4 Å². The number of nitrogens with one attached hydrogen (secondary N) is 3. The van der Waals surface area contributed by atoms with Crippen LogP contribution in [0.3, 0.4) is 0 Å². The molecule has 9 heteroatoms. The number of pyridine rings is 1. The first-order valence-corrected chi connectivity index (χ1v) is 10.6. The second-order valence-electron chi connectivity index (χ2n) is 7.83. The molecule has 4 rings (SSSR count). The number of dihydropyridines is 1. The molecule has 1 amide bonds. The van der Waals surface area contributed by atoms with Gasteiger partial charge in [0.25, 0.3) is 5.91 Å². The molecule has 1 aliphatic rings. The van der Waals surface area contributed by atoms with Crippen LogP contribution in [-0.2, 0) is 11.3 Å². The van der Waals surface area contributed by atoms with Gasteiger partial charge in [-0.1, -0.05) is 23.8 Å². The van der Waals surface area contributed by atoms with Crippen LogP contribution < -0.4 is 16.4 Å². The Morgan fingerprint density at radius 2 is 2.09 bits per heavy atom. The van der Waals surface area contributed by atoms with Crippen molar-refractivity contribution in [1.82, 2.24) is 20.1 Å². The minimum atomic E-state index is -0.709. The molecular formula is C25H24FN7O. The van der Waals surface area contributed by atoms with Crippen molar-refractivity contribution in [3.05, 3.63) is 100 Å². The van der Waals surface area contributed by atoms with Gasteiger partial charge in [0.05, 0.1) is 17.0 Å². The average Bonchev–Trinajstić information content (AvgIpc) is 3.24. The topological polar surface area (TPSA) is 122 Å². The SMILES string of the molecule is Cc1ccc(F)c(CNc2cc(C3=C/C(=C(/C=N)C(N)=O)NC=C3)n(-c3cccc(C)n3)n2)c1. The first kappa shape index (κ1) is 22.7. The zero-order valence-corrected chi connectivity index (χ0v) is 18.8. The number of halogens is 1. The molecular weight excluding hydrogens is 433 g/mol. The number of aryl methyl sites for hydroxylation is 2. The summed E-state index contributed by atoms with van der Waals surface area (Å²) in [6.07, 6.45) is 6.12. The molecule has 1 aromatic carbocycles. The fourth-order valence-corrected chi connectivity index (χ4v) is 3.58. The number of primary amides is 1. The molecule has 3 aromatic rings. The molecule has 0 atom stereocenters. The third-order valence-corrected chi connectivity index (χ3v) is 5.26. The standard InChI is InChI=1S/C25H24FN7O/c1-15-6-7-20(26)18(10-15)14-30-23-12-22(33(32-23)24-5-3-4-16(2)31-24)17-8-9-29-21(11-17)19(13-27)25(28)34/h3-13,27,29H,14H2,1-2H3,(H2,28,34)(H,30,32)/b21-19+,27-13?. The van der Waals surface area contributed by atoms with E-state index in [0.717, 1.165) is 23.0 Å². The quantitative estimate of drug-likeness (QED) is 0.319. The van der Waals surface area contributed by atoms with E-state index >= 15 is 0 Å². The van der Waals surface area contributed by atoms with Crippen molar-refractivity contribution >= 4 is 23.5 Å². The minimum Gasteiger partial charge on any atom is -0.365 e. The average molecular weight is 458 g/mol. The molecule has 5 N–H and O–H groups in total. The van der Waals surface area contributed by atoms with Crippen LogP contribution in [0.1, 0.15) is 22.5 Å². The monoisotopic (exact) mass is 457 g/mol. The number of carbonyl (C=O) groups excluding carboxylic acids is 1. The molecule has 0 radical (unpaired) electrons. The Bertz CT molecular complexity index is 1370. The van der Waals surface area contributed by atoms with Crippen molar-refractivity contribution in [2.45, 2.75) is 20.4 Å².